The lowest BCUT2D eigenvalue weighted by Gasteiger charge is -2.05. The minimum atomic E-state index is -0.175. The van der Waals surface area contributed by atoms with Crippen LogP contribution in [-0.4, -0.2) is 13.7 Å². The maximum absolute atomic E-state index is 5.68. The van der Waals surface area contributed by atoms with Gasteiger partial charge in [-0.2, -0.15) is 0 Å². The lowest BCUT2D eigenvalue weighted by molar-refractivity contribution is 0.172. The third-order valence-electron chi connectivity index (χ3n) is 1.31. The Morgan fingerprint density at radius 3 is 2.91 bits per heavy atom. The van der Waals surface area contributed by atoms with Crippen molar-refractivity contribution in [3.63, 3.8) is 0 Å². The van der Waals surface area contributed by atoms with Crippen molar-refractivity contribution in [2.45, 2.75) is 6.04 Å². The topological polar surface area (TPSA) is 48.4 Å². The number of furan rings is 1. The van der Waals surface area contributed by atoms with Crippen LogP contribution < -0.4 is 5.73 Å². The molecule has 1 rings (SSSR count). The van der Waals surface area contributed by atoms with E-state index in [0.717, 1.165) is 5.76 Å². The number of halogens is 1. The van der Waals surface area contributed by atoms with Crippen LogP contribution in [0.1, 0.15) is 11.8 Å². The molecule has 0 aliphatic heterocycles. The van der Waals surface area contributed by atoms with Crippen LogP contribution in [0.15, 0.2) is 21.2 Å². The zero-order valence-corrected chi connectivity index (χ0v) is 7.80. The molecule has 4 heteroatoms. The first kappa shape index (κ1) is 8.77. The molecular weight excluding hydrogens is 210 g/mol. The summed E-state index contributed by atoms with van der Waals surface area (Å²) in [6.07, 6.45) is 0. The minimum Gasteiger partial charge on any atom is -0.453 e. The molecule has 1 atom stereocenters. The first-order valence-electron chi connectivity index (χ1n) is 3.24. The molecule has 2 N–H and O–H groups in total. The van der Waals surface area contributed by atoms with E-state index >= 15 is 0 Å². The van der Waals surface area contributed by atoms with E-state index in [0.29, 0.717) is 11.3 Å². The molecule has 0 spiro atoms. The Hall–Kier alpha value is -0.320. The van der Waals surface area contributed by atoms with E-state index in [4.69, 9.17) is 14.9 Å². The molecule has 0 fully saturated rings. The summed E-state index contributed by atoms with van der Waals surface area (Å²) < 4.78 is 10.8. The Morgan fingerprint density at radius 1 is 1.73 bits per heavy atom. The van der Waals surface area contributed by atoms with Gasteiger partial charge in [0.25, 0.3) is 0 Å². The van der Waals surface area contributed by atoms with Gasteiger partial charge in [-0.1, -0.05) is 0 Å². The Labute approximate surface area is 73.6 Å². The van der Waals surface area contributed by atoms with E-state index in [1.54, 1.807) is 7.11 Å². The Kier molecular flexibility index (Phi) is 3.11. The van der Waals surface area contributed by atoms with Crippen molar-refractivity contribution < 1.29 is 9.15 Å². The van der Waals surface area contributed by atoms with Gasteiger partial charge in [0.2, 0.25) is 0 Å². The minimum absolute atomic E-state index is 0.175. The summed E-state index contributed by atoms with van der Waals surface area (Å²) in [5, 5.41) is 0. The van der Waals surface area contributed by atoms with Gasteiger partial charge in [0.05, 0.1) is 12.6 Å². The Bertz CT molecular complexity index is 224. The number of hydrogen-bond donors (Lipinski definition) is 1. The first-order chi connectivity index (χ1) is 5.24. The van der Waals surface area contributed by atoms with Crippen LogP contribution in [-0.2, 0) is 4.74 Å². The number of hydrogen-bond acceptors (Lipinski definition) is 3. The summed E-state index contributed by atoms with van der Waals surface area (Å²) in [5.74, 6) is 0.735. The van der Waals surface area contributed by atoms with Gasteiger partial charge in [0.15, 0.2) is 4.67 Å². The van der Waals surface area contributed by atoms with Gasteiger partial charge in [-0.05, 0) is 28.1 Å². The van der Waals surface area contributed by atoms with Crippen LogP contribution in [0.3, 0.4) is 0 Å². The van der Waals surface area contributed by atoms with Gasteiger partial charge in [0.1, 0.15) is 5.76 Å². The fraction of sp³-hybridized carbons (Fsp3) is 0.429. The Balaban J connectivity index is 2.60. The fourth-order valence-electron chi connectivity index (χ4n) is 0.789. The zero-order valence-electron chi connectivity index (χ0n) is 6.21. The van der Waals surface area contributed by atoms with Crippen LogP contribution in [0.25, 0.3) is 0 Å². The molecule has 1 heterocycles. The quantitative estimate of drug-likeness (QED) is 0.842. The summed E-state index contributed by atoms with van der Waals surface area (Å²) in [6.45, 7) is 0.472. The molecule has 62 valence electrons. The molecule has 0 aliphatic carbocycles. The molecule has 0 saturated heterocycles. The number of ether oxygens (including phenoxy) is 1. The molecule has 0 saturated carbocycles. The fourth-order valence-corrected chi connectivity index (χ4v) is 1.11. The van der Waals surface area contributed by atoms with Crippen molar-refractivity contribution >= 4 is 15.9 Å². The first-order valence-corrected chi connectivity index (χ1v) is 4.03. The van der Waals surface area contributed by atoms with Crippen molar-refractivity contribution in [2.75, 3.05) is 13.7 Å². The second-order valence-electron chi connectivity index (χ2n) is 2.20. The smallest absolute Gasteiger partial charge is 0.169 e. The second kappa shape index (κ2) is 3.90. The SMILES string of the molecule is COC[C@H](N)c1ccc(Br)o1. The zero-order chi connectivity index (χ0) is 8.27. The second-order valence-corrected chi connectivity index (χ2v) is 2.99. The van der Waals surface area contributed by atoms with Crippen LogP contribution in [0, 0.1) is 0 Å². The molecule has 0 aliphatic rings. The highest BCUT2D eigenvalue weighted by atomic mass is 79.9. The molecule has 0 radical (unpaired) electrons. The van der Waals surface area contributed by atoms with Crippen molar-refractivity contribution in [3.8, 4) is 0 Å². The highest BCUT2D eigenvalue weighted by Gasteiger charge is 2.08. The molecule has 11 heavy (non-hydrogen) atoms. The van der Waals surface area contributed by atoms with Crippen LogP contribution in [0.2, 0.25) is 0 Å². The predicted molar refractivity (Wildman–Crippen MR) is 45.2 cm³/mol. The third-order valence-corrected chi connectivity index (χ3v) is 1.73. The molecule has 3 nitrogen and oxygen atoms in total. The number of nitrogens with two attached hydrogens (primary N) is 1. The van der Waals surface area contributed by atoms with E-state index in [-0.39, 0.29) is 6.04 Å². The summed E-state index contributed by atoms with van der Waals surface area (Å²) in [6, 6.07) is 3.46. The van der Waals surface area contributed by atoms with E-state index < -0.39 is 0 Å². The third kappa shape index (κ3) is 2.32. The number of methoxy groups -OCH3 is 1. The van der Waals surface area contributed by atoms with Crippen molar-refractivity contribution in [1.29, 1.82) is 0 Å². The normalized spacial score (nSPS) is 13.4. The van der Waals surface area contributed by atoms with Crippen LogP contribution in [0.5, 0.6) is 0 Å². The van der Waals surface area contributed by atoms with Gasteiger partial charge in [0, 0.05) is 7.11 Å². The van der Waals surface area contributed by atoms with Gasteiger partial charge in [-0.25, -0.2) is 0 Å². The predicted octanol–water partition coefficient (Wildman–Crippen LogP) is 1.69. The van der Waals surface area contributed by atoms with E-state index in [1.807, 2.05) is 12.1 Å². The highest BCUT2D eigenvalue weighted by Crippen LogP contribution is 2.18. The molecule has 0 bridgehead atoms. The van der Waals surface area contributed by atoms with Gasteiger partial charge < -0.3 is 14.9 Å². The van der Waals surface area contributed by atoms with Crippen molar-refractivity contribution in [3.05, 3.63) is 22.6 Å². The monoisotopic (exact) mass is 219 g/mol. The van der Waals surface area contributed by atoms with Crippen LogP contribution >= 0.6 is 15.9 Å². The molecule has 1 aromatic heterocycles. The molecule has 0 aromatic carbocycles. The Morgan fingerprint density at radius 2 is 2.45 bits per heavy atom. The van der Waals surface area contributed by atoms with E-state index in [9.17, 15) is 0 Å². The van der Waals surface area contributed by atoms with Gasteiger partial charge >= 0.3 is 0 Å². The molecule has 0 amide bonds. The maximum Gasteiger partial charge on any atom is 0.169 e. The van der Waals surface area contributed by atoms with E-state index in [1.165, 1.54) is 0 Å². The number of rotatable bonds is 3. The average molecular weight is 220 g/mol. The summed E-state index contributed by atoms with van der Waals surface area (Å²) >= 11 is 3.19. The lowest BCUT2D eigenvalue weighted by atomic mass is 10.2. The standard InChI is InChI=1S/C7H10BrNO2/c1-10-4-5(9)6-2-3-7(8)11-6/h2-3,5H,4,9H2,1H3/t5-/m0/s1. The summed E-state index contributed by atoms with van der Waals surface area (Å²) in [5.41, 5.74) is 5.68. The van der Waals surface area contributed by atoms with Crippen molar-refractivity contribution in [1.82, 2.24) is 0 Å². The lowest BCUT2D eigenvalue weighted by Crippen LogP contribution is -2.14. The van der Waals surface area contributed by atoms with Crippen molar-refractivity contribution in [2.24, 2.45) is 5.73 Å². The van der Waals surface area contributed by atoms with Crippen LogP contribution in [0.4, 0.5) is 0 Å². The largest absolute Gasteiger partial charge is 0.453 e. The highest BCUT2D eigenvalue weighted by molar-refractivity contribution is 9.10. The molecular formula is C7H10BrNO2. The maximum atomic E-state index is 5.68. The van der Waals surface area contributed by atoms with Gasteiger partial charge in [-0.15, -0.1) is 0 Å². The molecule has 1 aromatic rings. The molecule has 0 unspecified atom stereocenters. The average Bonchev–Trinajstić information content (AvgIpc) is 2.36. The van der Waals surface area contributed by atoms with Gasteiger partial charge in [-0.3, -0.25) is 0 Å². The summed E-state index contributed by atoms with van der Waals surface area (Å²) in [4.78, 5) is 0. The van der Waals surface area contributed by atoms with E-state index in [2.05, 4.69) is 15.9 Å². The summed E-state index contributed by atoms with van der Waals surface area (Å²) in [7, 11) is 1.61.